The van der Waals surface area contributed by atoms with E-state index in [0.29, 0.717) is 19.8 Å². The lowest BCUT2D eigenvalue weighted by Crippen LogP contribution is -2.27. The molecule has 12 heavy (non-hydrogen) atoms. The van der Waals surface area contributed by atoms with Crippen LogP contribution in [0.3, 0.4) is 0 Å². The van der Waals surface area contributed by atoms with E-state index in [1.807, 2.05) is 6.92 Å². The number of nitrogens with one attached hydrogen (secondary N) is 1. The van der Waals surface area contributed by atoms with Crippen LogP contribution < -0.4 is 5.32 Å². The van der Waals surface area contributed by atoms with Crippen LogP contribution in [0.2, 0.25) is 0 Å². The molecule has 0 radical (unpaired) electrons. The van der Waals surface area contributed by atoms with Crippen molar-refractivity contribution >= 4 is 6.09 Å². The first-order valence-electron chi connectivity index (χ1n) is 3.70. The van der Waals surface area contributed by atoms with E-state index >= 15 is 0 Å². The van der Waals surface area contributed by atoms with Crippen LogP contribution >= 0.6 is 0 Å². The number of hydrogen-bond donors (Lipinski definition) is 1. The van der Waals surface area contributed by atoms with Crippen molar-refractivity contribution in [3.05, 3.63) is 12.2 Å². The number of rotatable bonds is 5. The van der Waals surface area contributed by atoms with Crippen LogP contribution in [0.1, 0.15) is 6.92 Å². The largest absolute Gasteiger partial charge is 0.453 e. The normalized spacial score (nSPS) is 9.17. The van der Waals surface area contributed by atoms with Gasteiger partial charge >= 0.3 is 6.09 Å². The van der Waals surface area contributed by atoms with E-state index in [4.69, 9.17) is 4.74 Å². The quantitative estimate of drug-likeness (QED) is 0.497. The molecule has 1 N–H and O–H groups in total. The molecular weight excluding hydrogens is 158 g/mol. The van der Waals surface area contributed by atoms with Crippen molar-refractivity contribution in [3.63, 3.8) is 0 Å². The van der Waals surface area contributed by atoms with Crippen molar-refractivity contribution in [2.45, 2.75) is 6.92 Å². The maximum Gasteiger partial charge on any atom is 0.406 e. The summed E-state index contributed by atoms with van der Waals surface area (Å²) in [7, 11) is 1.32. The molecule has 70 valence electrons. The van der Waals surface area contributed by atoms with E-state index in [-0.39, 0.29) is 0 Å². The fourth-order valence-corrected chi connectivity index (χ4v) is 0.544. The van der Waals surface area contributed by atoms with E-state index in [1.165, 1.54) is 7.11 Å². The summed E-state index contributed by atoms with van der Waals surface area (Å²) >= 11 is 0. The number of ether oxygens (including phenoxy) is 2. The topological polar surface area (TPSA) is 47.6 Å². The predicted octanol–water partition coefficient (Wildman–Crippen LogP) is 0.935. The van der Waals surface area contributed by atoms with Crippen LogP contribution in [0.15, 0.2) is 12.2 Å². The second kappa shape index (κ2) is 6.67. The number of methoxy groups -OCH3 is 1. The Morgan fingerprint density at radius 2 is 2.25 bits per heavy atom. The summed E-state index contributed by atoms with van der Waals surface area (Å²) in [4.78, 5) is 10.5. The first-order chi connectivity index (χ1) is 5.66. The van der Waals surface area contributed by atoms with Crippen molar-refractivity contribution in [1.82, 2.24) is 5.32 Å². The van der Waals surface area contributed by atoms with Gasteiger partial charge in [-0.25, -0.2) is 4.79 Å². The third kappa shape index (κ3) is 7.08. The zero-order chi connectivity index (χ0) is 9.40. The summed E-state index contributed by atoms with van der Waals surface area (Å²) in [5.74, 6) is 0. The van der Waals surface area contributed by atoms with Crippen molar-refractivity contribution in [2.75, 3.05) is 26.9 Å². The number of carbonyl (C=O) groups excluding carboxylic acids is 1. The SMILES string of the molecule is C=C(C)COCCNC(=O)OC. The summed E-state index contributed by atoms with van der Waals surface area (Å²) in [5.41, 5.74) is 0.966. The van der Waals surface area contributed by atoms with E-state index in [1.54, 1.807) is 0 Å². The maximum atomic E-state index is 10.5. The van der Waals surface area contributed by atoms with Gasteiger partial charge < -0.3 is 14.8 Å². The molecule has 0 aromatic carbocycles. The molecular formula is C8H15NO3. The average Bonchev–Trinajstić information content (AvgIpc) is 2.03. The first-order valence-corrected chi connectivity index (χ1v) is 3.70. The molecule has 0 aromatic heterocycles. The minimum absolute atomic E-state index is 0.436. The molecule has 0 saturated heterocycles. The van der Waals surface area contributed by atoms with Crippen molar-refractivity contribution in [1.29, 1.82) is 0 Å². The van der Waals surface area contributed by atoms with E-state index < -0.39 is 6.09 Å². The highest BCUT2D eigenvalue weighted by Crippen LogP contribution is 1.86. The molecule has 0 fully saturated rings. The number of amides is 1. The lowest BCUT2D eigenvalue weighted by Gasteiger charge is -2.04. The first kappa shape index (κ1) is 11.0. The Hall–Kier alpha value is -1.03. The molecule has 0 unspecified atom stereocenters. The minimum Gasteiger partial charge on any atom is -0.453 e. The van der Waals surface area contributed by atoms with Gasteiger partial charge in [0.1, 0.15) is 0 Å². The zero-order valence-electron chi connectivity index (χ0n) is 7.55. The van der Waals surface area contributed by atoms with Gasteiger partial charge in [-0.2, -0.15) is 0 Å². The standard InChI is InChI=1S/C8H15NO3/c1-7(2)6-12-5-4-9-8(10)11-3/h1,4-6H2,2-3H3,(H,9,10). The van der Waals surface area contributed by atoms with Crippen LogP contribution in [-0.4, -0.2) is 33.0 Å². The third-order valence-electron chi connectivity index (χ3n) is 1.05. The second-order valence-corrected chi connectivity index (χ2v) is 2.43. The van der Waals surface area contributed by atoms with E-state index in [9.17, 15) is 4.79 Å². The molecule has 0 bridgehead atoms. The molecule has 4 heteroatoms. The van der Waals surface area contributed by atoms with E-state index in [2.05, 4.69) is 16.6 Å². The Kier molecular flexibility index (Phi) is 6.09. The van der Waals surface area contributed by atoms with Crippen LogP contribution in [-0.2, 0) is 9.47 Å². The number of alkyl carbamates (subject to hydrolysis) is 1. The summed E-state index contributed by atoms with van der Waals surface area (Å²) in [6, 6.07) is 0. The Labute approximate surface area is 72.5 Å². The Morgan fingerprint density at radius 3 is 2.75 bits per heavy atom. The van der Waals surface area contributed by atoms with Crippen LogP contribution in [0.4, 0.5) is 4.79 Å². The Bertz CT molecular complexity index is 156. The fourth-order valence-electron chi connectivity index (χ4n) is 0.544. The lowest BCUT2D eigenvalue weighted by molar-refractivity contribution is 0.144. The monoisotopic (exact) mass is 173 g/mol. The molecule has 0 spiro atoms. The number of carbonyl (C=O) groups is 1. The summed E-state index contributed by atoms with van der Waals surface area (Å²) < 4.78 is 9.47. The van der Waals surface area contributed by atoms with Crippen molar-refractivity contribution < 1.29 is 14.3 Å². The molecule has 0 aliphatic heterocycles. The maximum absolute atomic E-state index is 10.5. The zero-order valence-corrected chi connectivity index (χ0v) is 7.55. The molecule has 0 aliphatic rings. The Balaban J connectivity index is 3.11. The molecule has 0 atom stereocenters. The molecule has 0 aliphatic carbocycles. The fraction of sp³-hybridized carbons (Fsp3) is 0.625. The van der Waals surface area contributed by atoms with Gasteiger partial charge in [0.15, 0.2) is 0 Å². The van der Waals surface area contributed by atoms with Gasteiger partial charge in [0.25, 0.3) is 0 Å². The van der Waals surface area contributed by atoms with Gasteiger partial charge in [0, 0.05) is 6.54 Å². The summed E-state index contributed by atoms with van der Waals surface area (Å²) in [5, 5.41) is 2.49. The summed E-state index contributed by atoms with van der Waals surface area (Å²) in [6.45, 7) is 7.01. The molecule has 0 rings (SSSR count). The molecule has 4 nitrogen and oxygen atoms in total. The second-order valence-electron chi connectivity index (χ2n) is 2.43. The van der Waals surface area contributed by atoms with Gasteiger partial charge in [-0.1, -0.05) is 12.2 Å². The lowest BCUT2D eigenvalue weighted by atomic mass is 10.4. The van der Waals surface area contributed by atoms with Gasteiger partial charge in [0.05, 0.1) is 20.3 Å². The molecule has 0 heterocycles. The third-order valence-corrected chi connectivity index (χ3v) is 1.05. The Morgan fingerprint density at radius 1 is 1.58 bits per heavy atom. The van der Waals surface area contributed by atoms with Gasteiger partial charge in [-0.05, 0) is 6.92 Å². The van der Waals surface area contributed by atoms with Gasteiger partial charge in [-0.15, -0.1) is 0 Å². The van der Waals surface area contributed by atoms with Crippen LogP contribution in [0.25, 0.3) is 0 Å². The minimum atomic E-state index is -0.436. The highest BCUT2D eigenvalue weighted by atomic mass is 16.5. The average molecular weight is 173 g/mol. The summed E-state index contributed by atoms with van der Waals surface area (Å²) in [6.07, 6.45) is -0.436. The number of hydrogen-bond acceptors (Lipinski definition) is 3. The van der Waals surface area contributed by atoms with Gasteiger partial charge in [0.2, 0.25) is 0 Å². The highest BCUT2D eigenvalue weighted by molar-refractivity contribution is 5.66. The highest BCUT2D eigenvalue weighted by Gasteiger charge is 1.95. The van der Waals surface area contributed by atoms with Crippen molar-refractivity contribution in [3.8, 4) is 0 Å². The smallest absolute Gasteiger partial charge is 0.406 e. The van der Waals surface area contributed by atoms with Crippen LogP contribution in [0, 0.1) is 0 Å². The van der Waals surface area contributed by atoms with Crippen LogP contribution in [0.5, 0.6) is 0 Å². The van der Waals surface area contributed by atoms with Gasteiger partial charge in [-0.3, -0.25) is 0 Å². The molecule has 0 aromatic rings. The molecule has 1 amide bonds. The predicted molar refractivity (Wildman–Crippen MR) is 46.0 cm³/mol. The molecule has 0 saturated carbocycles. The van der Waals surface area contributed by atoms with Crippen molar-refractivity contribution in [2.24, 2.45) is 0 Å². The van der Waals surface area contributed by atoms with E-state index in [0.717, 1.165) is 5.57 Å².